The fraction of sp³-hybridized carbons (Fsp3) is 0.444. The van der Waals surface area contributed by atoms with Gasteiger partial charge < -0.3 is 10.1 Å². The van der Waals surface area contributed by atoms with Crippen molar-refractivity contribution < 1.29 is 9.53 Å². The van der Waals surface area contributed by atoms with E-state index in [-0.39, 0.29) is 5.91 Å². The number of amides is 1. The van der Waals surface area contributed by atoms with E-state index in [0.29, 0.717) is 16.6 Å². The summed E-state index contributed by atoms with van der Waals surface area (Å²) in [5.41, 5.74) is 0.417. The van der Waals surface area contributed by atoms with Crippen LogP contribution in [0, 0.1) is 0 Å². The molecule has 0 spiro atoms. The number of nitrogens with zero attached hydrogens (tertiary/aromatic N) is 3. The molecule has 1 aliphatic heterocycles. The molecule has 0 bridgehead atoms. The molecule has 7 heteroatoms. The van der Waals surface area contributed by atoms with Crippen LogP contribution in [0.15, 0.2) is 11.2 Å². The molecule has 0 atom stereocenters. The minimum atomic E-state index is -0.238. The van der Waals surface area contributed by atoms with Gasteiger partial charge in [0.1, 0.15) is 5.56 Å². The van der Waals surface area contributed by atoms with Crippen molar-refractivity contribution in [2.45, 2.75) is 0 Å². The maximum absolute atomic E-state index is 11.9. The van der Waals surface area contributed by atoms with Crippen LogP contribution in [-0.4, -0.2) is 40.3 Å². The van der Waals surface area contributed by atoms with E-state index in [4.69, 9.17) is 4.74 Å². The molecule has 0 aromatic carbocycles. The van der Waals surface area contributed by atoms with Gasteiger partial charge in [-0.2, -0.15) is 0 Å². The van der Waals surface area contributed by atoms with Crippen LogP contribution >= 0.6 is 11.8 Å². The lowest BCUT2D eigenvalue weighted by Gasteiger charge is -2.02. The van der Waals surface area contributed by atoms with Crippen LogP contribution in [0.25, 0.3) is 0 Å². The van der Waals surface area contributed by atoms with Gasteiger partial charge in [-0.05, 0) is 0 Å². The van der Waals surface area contributed by atoms with Crippen LogP contribution in [0.1, 0.15) is 10.4 Å². The Hall–Kier alpha value is -1.50. The number of ether oxygens (including phenoxy) is 1. The van der Waals surface area contributed by atoms with Crippen molar-refractivity contribution in [3.63, 3.8) is 0 Å². The lowest BCUT2D eigenvalue weighted by atomic mass is 10.3. The molecule has 0 saturated heterocycles. The van der Waals surface area contributed by atoms with Crippen LogP contribution < -0.4 is 10.1 Å². The second kappa shape index (κ2) is 4.56. The third-order valence-corrected chi connectivity index (χ3v) is 2.93. The van der Waals surface area contributed by atoms with Crippen molar-refractivity contribution in [1.29, 1.82) is 0 Å². The highest BCUT2D eigenvalue weighted by molar-refractivity contribution is 8.14. The molecule has 0 fully saturated rings. The van der Waals surface area contributed by atoms with E-state index in [1.165, 1.54) is 23.6 Å². The average molecular weight is 240 g/mol. The summed E-state index contributed by atoms with van der Waals surface area (Å²) in [6.45, 7) is 0.754. The Morgan fingerprint density at radius 1 is 1.69 bits per heavy atom. The molecule has 1 aromatic rings. The first-order valence-electron chi connectivity index (χ1n) is 4.77. The van der Waals surface area contributed by atoms with E-state index < -0.39 is 0 Å². The maximum Gasteiger partial charge on any atom is 0.264 e. The van der Waals surface area contributed by atoms with E-state index in [1.54, 1.807) is 13.2 Å². The molecule has 0 saturated carbocycles. The summed E-state index contributed by atoms with van der Waals surface area (Å²) in [6, 6.07) is 0. The Morgan fingerprint density at radius 2 is 2.50 bits per heavy atom. The Balaban J connectivity index is 2.13. The molecular formula is C9H12N4O2S. The zero-order chi connectivity index (χ0) is 11.5. The van der Waals surface area contributed by atoms with Gasteiger partial charge in [0, 0.05) is 19.0 Å². The number of amidine groups is 1. The van der Waals surface area contributed by atoms with Gasteiger partial charge in [0.15, 0.2) is 5.17 Å². The smallest absolute Gasteiger partial charge is 0.264 e. The number of hydrogen-bond donors (Lipinski definition) is 1. The summed E-state index contributed by atoms with van der Waals surface area (Å²) in [5.74, 6) is 1.00. The van der Waals surface area contributed by atoms with Crippen molar-refractivity contribution in [3.05, 3.63) is 11.8 Å². The van der Waals surface area contributed by atoms with Gasteiger partial charge in [-0.1, -0.05) is 11.8 Å². The third kappa shape index (κ3) is 2.19. The van der Waals surface area contributed by atoms with Crippen molar-refractivity contribution in [2.75, 3.05) is 19.4 Å². The molecule has 0 aliphatic carbocycles. The molecule has 0 radical (unpaired) electrons. The van der Waals surface area contributed by atoms with Gasteiger partial charge in [-0.15, -0.1) is 5.10 Å². The van der Waals surface area contributed by atoms with E-state index >= 15 is 0 Å². The first-order valence-corrected chi connectivity index (χ1v) is 5.75. The van der Waals surface area contributed by atoms with Gasteiger partial charge in [-0.25, -0.2) is 0 Å². The number of carbonyl (C=O) groups excluding carboxylic acids is 1. The zero-order valence-corrected chi connectivity index (χ0v) is 9.87. The van der Waals surface area contributed by atoms with Gasteiger partial charge >= 0.3 is 0 Å². The molecule has 16 heavy (non-hydrogen) atoms. The Kier molecular flexibility index (Phi) is 3.14. The van der Waals surface area contributed by atoms with E-state index in [2.05, 4.69) is 15.4 Å². The number of methoxy groups -OCH3 is 1. The molecule has 1 N–H and O–H groups in total. The van der Waals surface area contributed by atoms with Crippen molar-refractivity contribution in [2.24, 2.45) is 12.0 Å². The van der Waals surface area contributed by atoms with Crippen LogP contribution in [0.4, 0.5) is 0 Å². The molecule has 1 amide bonds. The monoisotopic (exact) mass is 240 g/mol. The second-order valence-corrected chi connectivity index (χ2v) is 4.30. The number of aliphatic imine (C=N–C) groups is 1. The topological polar surface area (TPSA) is 68.5 Å². The molecule has 6 nitrogen and oxygen atoms in total. The highest BCUT2D eigenvalue weighted by atomic mass is 32.2. The summed E-state index contributed by atoms with van der Waals surface area (Å²) in [6.07, 6.45) is 1.62. The van der Waals surface area contributed by atoms with Gasteiger partial charge in [0.05, 0.1) is 13.7 Å². The normalized spacial score (nSPS) is 14.8. The molecule has 2 rings (SSSR count). The van der Waals surface area contributed by atoms with E-state index in [0.717, 1.165) is 12.3 Å². The van der Waals surface area contributed by atoms with Gasteiger partial charge in [0.25, 0.3) is 5.91 Å². The fourth-order valence-corrected chi connectivity index (χ4v) is 2.07. The van der Waals surface area contributed by atoms with Crippen molar-refractivity contribution in [3.8, 4) is 5.88 Å². The average Bonchev–Trinajstić information content (AvgIpc) is 2.86. The molecule has 86 valence electrons. The molecule has 1 aliphatic rings. The Labute approximate surface area is 97.1 Å². The van der Waals surface area contributed by atoms with Crippen LogP contribution in [0.5, 0.6) is 5.88 Å². The standard InChI is InChI=1S/C9H12N4O2S/c1-13-5-6(8(12-13)15-2)7(14)11-9-10-3-4-16-9/h5H,3-4H2,1-2H3,(H,10,11,14). The number of thioether (sulfide) groups is 1. The predicted octanol–water partition coefficient (Wildman–Crippen LogP) is 0.261. The molecule has 0 unspecified atom stereocenters. The van der Waals surface area contributed by atoms with Gasteiger partial charge in [0.2, 0.25) is 5.88 Å². The lowest BCUT2D eigenvalue weighted by molar-refractivity contribution is 0.0975. The summed E-state index contributed by atoms with van der Waals surface area (Å²) >= 11 is 1.54. The first-order chi connectivity index (χ1) is 7.70. The molecule has 1 aromatic heterocycles. The number of carbonyl (C=O) groups is 1. The van der Waals surface area contributed by atoms with Crippen LogP contribution in [0.3, 0.4) is 0 Å². The lowest BCUT2D eigenvalue weighted by Crippen LogP contribution is -2.27. The van der Waals surface area contributed by atoms with E-state index in [1.807, 2.05) is 0 Å². The zero-order valence-electron chi connectivity index (χ0n) is 9.06. The van der Waals surface area contributed by atoms with Crippen LogP contribution in [-0.2, 0) is 7.05 Å². The van der Waals surface area contributed by atoms with Crippen molar-refractivity contribution in [1.82, 2.24) is 15.1 Å². The summed E-state index contributed by atoms with van der Waals surface area (Å²) in [7, 11) is 3.22. The fourth-order valence-electron chi connectivity index (χ4n) is 1.35. The van der Waals surface area contributed by atoms with Crippen molar-refractivity contribution >= 4 is 22.8 Å². The first kappa shape index (κ1) is 11.0. The molecule has 2 heterocycles. The van der Waals surface area contributed by atoms with Crippen LogP contribution in [0.2, 0.25) is 0 Å². The predicted molar refractivity (Wildman–Crippen MR) is 62.0 cm³/mol. The second-order valence-electron chi connectivity index (χ2n) is 3.22. The number of aryl methyl sites for hydroxylation is 1. The maximum atomic E-state index is 11.9. The minimum Gasteiger partial charge on any atom is -0.479 e. The highest BCUT2D eigenvalue weighted by Gasteiger charge is 2.18. The SMILES string of the molecule is COc1nn(C)cc1C(=O)NC1=NCCS1. The largest absolute Gasteiger partial charge is 0.479 e. The minimum absolute atomic E-state index is 0.238. The third-order valence-electron chi connectivity index (χ3n) is 2.04. The number of nitrogens with one attached hydrogen (secondary N) is 1. The molecular weight excluding hydrogens is 228 g/mol. The quantitative estimate of drug-likeness (QED) is 0.805. The number of rotatable bonds is 2. The highest BCUT2D eigenvalue weighted by Crippen LogP contribution is 2.16. The Bertz CT molecular complexity index is 441. The van der Waals surface area contributed by atoms with Gasteiger partial charge in [-0.3, -0.25) is 14.5 Å². The van der Waals surface area contributed by atoms with E-state index in [9.17, 15) is 4.79 Å². The summed E-state index contributed by atoms with van der Waals surface area (Å²) < 4.78 is 6.55. The number of hydrogen-bond acceptors (Lipinski definition) is 5. The Morgan fingerprint density at radius 3 is 3.12 bits per heavy atom. The summed E-state index contributed by atoms with van der Waals surface area (Å²) in [5, 5.41) is 7.40. The summed E-state index contributed by atoms with van der Waals surface area (Å²) in [4.78, 5) is 16.0. The number of aromatic nitrogens is 2.